The van der Waals surface area contributed by atoms with Crippen molar-refractivity contribution in [1.82, 2.24) is 4.90 Å². The third kappa shape index (κ3) is 1.89. The van der Waals surface area contributed by atoms with E-state index in [-0.39, 0.29) is 5.78 Å². The molecular weight excluding hydrogens is 190 g/mol. The maximum Gasteiger partial charge on any atom is 0.221 e. The zero-order valence-corrected chi connectivity index (χ0v) is 8.54. The molecule has 0 aromatic carbocycles. The molecule has 1 aromatic heterocycles. The summed E-state index contributed by atoms with van der Waals surface area (Å²) < 4.78 is 0. The van der Waals surface area contributed by atoms with Crippen LogP contribution < -0.4 is 0 Å². The maximum absolute atomic E-state index is 11.5. The predicted molar refractivity (Wildman–Crippen MR) is 54.9 cm³/mol. The van der Waals surface area contributed by atoms with Gasteiger partial charge in [-0.1, -0.05) is 12.2 Å². The van der Waals surface area contributed by atoms with E-state index in [1.54, 1.807) is 30.4 Å². The molecule has 64 valence electrons. The molecular formula is C8H9NOS2. The van der Waals surface area contributed by atoms with Gasteiger partial charge in [-0.05, 0) is 11.4 Å². The van der Waals surface area contributed by atoms with Gasteiger partial charge in [0, 0.05) is 25.0 Å². The highest BCUT2D eigenvalue weighted by atomic mass is 32.1. The molecule has 0 bridgehead atoms. The Kier molecular flexibility index (Phi) is 2.94. The fraction of sp³-hybridized carbons (Fsp3) is 0.250. The van der Waals surface area contributed by atoms with Crippen LogP contribution in [0.5, 0.6) is 0 Å². The van der Waals surface area contributed by atoms with Crippen LogP contribution in [0.25, 0.3) is 0 Å². The second-order valence-electron chi connectivity index (χ2n) is 2.54. The van der Waals surface area contributed by atoms with E-state index in [2.05, 4.69) is 0 Å². The summed E-state index contributed by atoms with van der Waals surface area (Å²) in [6.07, 6.45) is 0. The molecule has 0 saturated carbocycles. The second-order valence-corrected chi connectivity index (χ2v) is 3.71. The first kappa shape index (κ1) is 9.35. The topological polar surface area (TPSA) is 20.3 Å². The molecule has 0 aliphatic heterocycles. The monoisotopic (exact) mass is 199 g/mol. The Labute approximate surface area is 80.8 Å². The zero-order valence-electron chi connectivity index (χ0n) is 6.90. The first-order chi connectivity index (χ1) is 5.63. The molecule has 1 aromatic rings. The van der Waals surface area contributed by atoms with Gasteiger partial charge in [-0.15, -0.1) is 0 Å². The maximum atomic E-state index is 11.5. The largest absolute Gasteiger partial charge is 0.366 e. The van der Waals surface area contributed by atoms with Gasteiger partial charge in [-0.2, -0.15) is 11.3 Å². The van der Waals surface area contributed by atoms with Crippen LogP contribution in [0, 0.1) is 0 Å². The van der Waals surface area contributed by atoms with Crippen LogP contribution in [-0.2, 0) is 0 Å². The number of thiophene rings is 1. The Morgan fingerprint density at radius 3 is 2.67 bits per heavy atom. The molecule has 0 unspecified atom stereocenters. The highest BCUT2D eigenvalue weighted by molar-refractivity contribution is 7.82. The highest BCUT2D eigenvalue weighted by Crippen LogP contribution is 2.08. The van der Waals surface area contributed by atoms with Crippen molar-refractivity contribution in [3.8, 4) is 0 Å². The van der Waals surface area contributed by atoms with Gasteiger partial charge in [0.15, 0.2) is 0 Å². The van der Waals surface area contributed by atoms with Gasteiger partial charge in [-0.25, -0.2) is 0 Å². The van der Waals surface area contributed by atoms with Gasteiger partial charge >= 0.3 is 0 Å². The number of thiocarbonyl (C=S) groups is 1. The van der Waals surface area contributed by atoms with Crippen molar-refractivity contribution in [2.24, 2.45) is 0 Å². The van der Waals surface area contributed by atoms with Crippen LogP contribution >= 0.6 is 23.6 Å². The minimum Gasteiger partial charge on any atom is -0.366 e. The summed E-state index contributed by atoms with van der Waals surface area (Å²) in [5.41, 5.74) is 0.679. The number of carbonyl (C=O) groups is 1. The molecule has 1 rings (SSSR count). The number of Topliss-reactive ketones (excluding diaryl/α,β-unsaturated/α-hetero) is 1. The van der Waals surface area contributed by atoms with E-state index in [0.29, 0.717) is 10.6 Å². The molecule has 2 nitrogen and oxygen atoms in total. The summed E-state index contributed by atoms with van der Waals surface area (Å²) in [7, 11) is 3.54. The molecule has 0 aliphatic rings. The van der Waals surface area contributed by atoms with E-state index >= 15 is 0 Å². The number of rotatable bonds is 2. The number of nitrogens with zero attached hydrogens (tertiary/aromatic N) is 1. The lowest BCUT2D eigenvalue weighted by molar-refractivity contribution is 0.105. The van der Waals surface area contributed by atoms with Crippen molar-refractivity contribution in [2.45, 2.75) is 0 Å². The van der Waals surface area contributed by atoms with E-state index < -0.39 is 0 Å². The Balaban J connectivity index is 2.80. The number of hydrogen-bond acceptors (Lipinski definition) is 3. The lowest BCUT2D eigenvalue weighted by atomic mass is 10.2. The van der Waals surface area contributed by atoms with Crippen molar-refractivity contribution in [3.63, 3.8) is 0 Å². The van der Waals surface area contributed by atoms with Crippen molar-refractivity contribution >= 4 is 34.3 Å². The Morgan fingerprint density at radius 2 is 2.25 bits per heavy atom. The Bertz CT molecular complexity index is 290. The minimum absolute atomic E-state index is 0.0729. The van der Waals surface area contributed by atoms with Gasteiger partial charge in [0.2, 0.25) is 5.78 Å². The van der Waals surface area contributed by atoms with E-state index in [0.717, 1.165) is 0 Å². The summed E-state index contributed by atoms with van der Waals surface area (Å²) in [6.45, 7) is 0. The van der Waals surface area contributed by atoms with E-state index in [4.69, 9.17) is 12.2 Å². The third-order valence-corrected chi connectivity index (χ3v) is 2.62. The Morgan fingerprint density at radius 1 is 1.58 bits per heavy atom. The molecule has 0 amide bonds. The summed E-state index contributed by atoms with van der Waals surface area (Å²) >= 11 is 6.43. The van der Waals surface area contributed by atoms with Gasteiger partial charge in [-0.3, -0.25) is 4.79 Å². The smallest absolute Gasteiger partial charge is 0.221 e. The fourth-order valence-corrected chi connectivity index (χ4v) is 1.47. The molecule has 0 atom stereocenters. The van der Waals surface area contributed by atoms with Crippen molar-refractivity contribution in [3.05, 3.63) is 22.4 Å². The molecule has 0 spiro atoms. The van der Waals surface area contributed by atoms with Crippen LogP contribution in [0.4, 0.5) is 0 Å². The molecule has 0 saturated heterocycles. The van der Waals surface area contributed by atoms with E-state index in [1.807, 2.05) is 5.38 Å². The van der Waals surface area contributed by atoms with Crippen LogP contribution in [-0.4, -0.2) is 29.8 Å². The van der Waals surface area contributed by atoms with Crippen molar-refractivity contribution < 1.29 is 4.79 Å². The Hall–Kier alpha value is -0.740. The summed E-state index contributed by atoms with van der Waals surface area (Å²) in [5.74, 6) is -0.0729. The first-order valence-electron chi connectivity index (χ1n) is 3.41. The van der Waals surface area contributed by atoms with Crippen LogP contribution in [0.2, 0.25) is 0 Å². The lowest BCUT2D eigenvalue weighted by Crippen LogP contribution is -2.27. The van der Waals surface area contributed by atoms with Crippen molar-refractivity contribution in [1.29, 1.82) is 0 Å². The minimum atomic E-state index is -0.0729. The molecule has 0 fully saturated rings. The SMILES string of the molecule is CN(C)C(=S)C(=O)c1ccsc1. The van der Waals surface area contributed by atoms with Gasteiger partial charge in [0.05, 0.1) is 0 Å². The summed E-state index contributed by atoms with van der Waals surface area (Å²) in [5, 5.41) is 3.67. The molecule has 4 heteroatoms. The standard InChI is InChI=1S/C8H9NOS2/c1-9(2)8(11)7(10)6-3-4-12-5-6/h3-5H,1-2H3. The van der Waals surface area contributed by atoms with Crippen LogP contribution in [0.15, 0.2) is 16.8 Å². The molecule has 12 heavy (non-hydrogen) atoms. The van der Waals surface area contributed by atoms with Gasteiger partial charge < -0.3 is 4.90 Å². The fourth-order valence-electron chi connectivity index (χ4n) is 0.720. The average molecular weight is 199 g/mol. The van der Waals surface area contributed by atoms with E-state index in [9.17, 15) is 4.79 Å². The molecule has 1 heterocycles. The second kappa shape index (κ2) is 3.78. The lowest BCUT2D eigenvalue weighted by Gasteiger charge is -2.10. The predicted octanol–water partition coefficient (Wildman–Crippen LogP) is 1.82. The highest BCUT2D eigenvalue weighted by Gasteiger charge is 2.13. The third-order valence-electron chi connectivity index (χ3n) is 1.38. The number of hydrogen-bond donors (Lipinski definition) is 0. The van der Waals surface area contributed by atoms with Gasteiger partial charge in [0.25, 0.3) is 0 Å². The van der Waals surface area contributed by atoms with Crippen LogP contribution in [0.3, 0.4) is 0 Å². The van der Waals surface area contributed by atoms with Crippen molar-refractivity contribution in [2.75, 3.05) is 14.1 Å². The normalized spacial score (nSPS) is 9.50. The molecule has 0 radical (unpaired) electrons. The average Bonchev–Trinajstić information content (AvgIpc) is 2.53. The number of ketones is 1. The summed E-state index contributed by atoms with van der Waals surface area (Å²) in [6, 6.07) is 1.78. The number of likely N-dealkylation sites (N-methyl/N-ethyl adjacent to an activating group) is 1. The quantitative estimate of drug-likeness (QED) is 0.535. The van der Waals surface area contributed by atoms with E-state index in [1.165, 1.54) is 11.3 Å². The number of carbonyl (C=O) groups excluding carboxylic acids is 1. The molecule has 0 aliphatic carbocycles. The van der Waals surface area contributed by atoms with Crippen LogP contribution in [0.1, 0.15) is 10.4 Å². The summed E-state index contributed by atoms with van der Waals surface area (Å²) in [4.78, 5) is 13.5. The molecule has 0 N–H and O–H groups in total. The first-order valence-corrected chi connectivity index (χ1v) is 4.76. The zero-order chi connectivity index (χ0) is 9.14. The van der Waals surface area contributed by atoms with Gasteiger partial charge in [0.1, 0.15) is 4.99 Å².